The Balaban J connectivity index is 1.73. The van der Waals surface area contributed by atoms with Gasteiger partial charge in [-0.3, -0.25) is 14.4 Å². The van der Waals surface area contributed by atoms with Gasteiger partial charge in [0.05, 0.1) is 13.5 Å². The Bertz CT molecular complexity index is 924. The number of piperazine rings is 1. The number of hydrogen-bond donors (Lipinski definition) is 2. The Morgan fingerprint density at radius 1 is 1.14 bits per heavy atom. The Labute approximate surface area is 170 Å². The number of aryl methyl sites for hydroxylation is 2. The molecule has 0 aliphatic carbocycles. The number of carbonyl (C=O) groups is 3. The van der Waals surface area contributed by atoms with E-state index in [0.29, 0.717) is 30.1 Å². The number of hydrogen-bond acceptors (Lipinski definition) is 4. The predicted octanol–water partition coefficient (Wildman–Crippen LogP) is 2.28. The minimum Gasteiger partial charge on any atom is -0.497 e. The van der Waals surface area contributed by atoms with Gasteiger partial charge in [0.25, 0.3) is 5.91 Å². The van der Waals surface area contributed by atoms with Crippen molar-refractivity contribution < 1.29 is 19.1 Å². The van der Waals surface area contributed by atoms with Crippen molar-refractivity contribution in [1.29, 1.82) is 0 Å². The standard InChI is InChI=1S/C22H25N3O4/c1-14-4-7-17(12-15(14)2)24-20(26)13-19-21(27)23-10-11-25(19)22(28)16-5-8-18(29-3)9-6-16/h4-9,12,19H,10-11,13H2,1-3H3,(H,23,27)(H,24,26)/t19-/m0/s1. The summed E-state index contributed by atoms with van der Waals surface area (Å²) in [4.78, 5) is 39.4. The van der Waals surface area contributed by atoms with E-state index in [9.17, 15) is 14.4 Å². The summed E-state index contributed by atoms with van der Waals surface area (Å²) in [6.45, 7) is 4.67. The molecule has 7 heteroatoms. The van der Waals surface area contributed by atoms with Gasteiger partial charge in [0.2, 0.25) is 11.8 Å². The van der Waals surface area contributed by atoms with Crippen LogP contribution in [0, 0.1) is 13.8 Å². The first kappa shape index (κ1) is 20.4. The lowest BCUT2D eigenvalue weighted by molar-refractivity contribution is -0.131. The quantitative estimate of drug-likeness (QED) is 0.813. The largest absolute Gasteiger partial charge is 0.497 e. The monoisotopic (exact) mass is 395 g/mol. The molecular weight excluding hydrogens is 370 g/mol. The van der Waals surface area contributed by atoms with Crippen LogP contribution in [-0.4, -0.2) is 48.9 Å². The van der Waals surface area contributed by atoms with Gasteiger partial charge in [-0.1, -0.05) is 6.07 Å². The Morgan fingerprint density at radius 3 is 2.52 bits per heavy atom. The van der Waals surface area contributed by atoms with E-state index in [0.717, 1.165) is 11.1 Å². The van der Waals surface area contributed by atoms with Crippen molar-refractivity contribution in [3.05, 3.63) is 59.2 Å². The number of nitrogens with one attached hydrogen (secondary N) is 2. The molecule has 7 nitrogen and oxygen atoms in total. The maximum Gasteiger partial charge on any atom is 0.254 e. The lowest BCUT2D eigenvalue weighted by atomic mass is 10.1. The third-order valence-electron chi connectivity index (χ3n) is 5.10. The number of benzene rings is 2. The summed E-state index contributed by atoms with van der Waals surface area (Å²) < 4.78 is 5.12. The van der Waals surface area contributed by atoms with Gasteiger partial charge in [-0.25, -0.2) is 0 Å². The predicted molar refractivity (Wildman–Crippen MR) is 110 cm³/mol. The minimum atomic E-state index is -0.857. The smallest absolute Gasteiger partial charge is 0.254 e. The van der Waals surface area contributed by atoms with Gasteiger partial charge in [-0.15, -0.1) is 0 Å². The fourth-order valence-electron chi connectivity index (χ4n) is 3.27. The Hall–Kier alpha value is -3.35. The van der Waals surface area contributed by atoms with Crippen LogP contribution in [-0.2, 0) is 9.59 Å². The molecule has 1 fully saturated rings. The summed E-state index contributed by atoms with van der Waals surface area (Å²) in [6, 6.07) is 11.5. The maximum absolute atomic E-state index is 13.0. The zero-order valence-corrected chi connectivity index (χ0v) is 16.8. The summed E-state index contributed by atoms with van der Waals surface area (Å²) in [5.41, 5.74) is 3.31. The fraction of sp³-hybridized carbons (Fsp3) is 0.318. The number of carbonyl (C=O) groups excluding carboxylic acids is 3. The molecule has 0 aromatic heterocycles. The van der Waals surface area contributed by atoms with Crippen LogP contribution in [0.2, 0.25) is 0 Å². The summed E-state index contributed by atoms with van der Waals surface area (Å²) in [5.74, 6) is -0.287. The molecule has 2 aromatic carbocycles. The summed E-state index contributed by atoms with van der Waals surface area (Å²) >= 11 is 0. The van der Waals surface area contributed by atoms with Crippen molar-refractivity contribution in [1.82, 2.24) is 10.2 Å². The van der Waals surface area contributed by atoms with Gasteiger partial charge in [-0.05, 0) is 61.4 Å². The molecule has 0 radical (unpaired) electrons. The van der Waals surface area contributed by atoms with E-state index in [1.807, 2.05) is 32.0 Å². The molecule has 3 amide bonds. The number of nitrogens with zero attached hydrogens (tertiary/aromatic N) is 1. The van der Waals surface area contributed by atoms with Crippen molar-refractivity contribution in [2.75, 3.05) is 25.5 Å². The first-order valence-corrected chi connectivity index (χ1v) is 9.49. The highest BCUT2D eigenvalue weighted by Gasteiger charge is 2.35. The number of amides is 3. The topological polar surface area (TPSA) is 87.7 Å². The molecule has 0 saturated carbocycles. The van der Waals surface area contributed by atoms with Crippen LogP contribution in [0.4, 0.5) is 5.69 Å². The first-order valence-electron chi connectivity index (χ1n) is 9.49. The van der Waals surface area contributed by atoms with E-state index in [1.54, 1.807) is 31.4 Å². The molecule has 2 aromatic rings. The van der Waals surface area contributed by atoms with Gasteiger partial charge in [-0.2, -0.15) is 0 Å². The normalized spacial score (nSPS) is 16.2. The van der Waals surface area contributed by atoms with Crippen LogP contribution < -0.4 is 15.4 Å². The van der Waals surface area contributed by atoms with Crippen LogP contribution in [0.15, 0.2) is 42.5 Å². The molecule has 0 bridgehead atoms. The maximum atomic E-state index is 13.0. The Kier molecular flexibility index (Phi) is 6.16. The van der Waals surface area contributed by atoms with E-state index in [2.05, 4.69) is 10.6 Å². The van der Waals surface area contributed by atoms with Crippen molar-refractivity contribution in [3.63, 3.8) is 0 Å². The molecule has 2 N–H and O–H groups in total. The van der Waals surface area contributed by atoms with Crippen LogP contribution in [0.25, 0.3) is 0 Å². The highest BCUT2D eigenvalue weighted by atomic mass is 16.5. The van der Waals surface area contributed by atoms with Crippen molar-refractivity contribution in [2.24, 2.45) is 0 Å². The molecular formula is C22H25N3O4. The fourth-order valence-corrected chi connectivity index (χ4v) is 3.27. The summed E-state index contributed by atoms with van der Waals surface area (Å²) in [5, 5.41) is 5.56. The minimum absolute atomic E-state index is 0.110. The summed E-state index contributed by atoms with van der Waals surface area (Å²) in [6.07, 6.45) is -0.110. The van der Waals surface area contributed by atoms with E-state index in [1.165, 1.54) is 4.90 Å². The number of ether oxygens (including phenoxy) is 1. The van der Waals surface area contributed by atoms with Gasteiger partial charge < -0.3 is 20.3 Å². The lowest BCUT2D eigenvalue weighted by Crippen LogP contribution is -2.58. The number of anilines is 1. The van der Waals surface area contributed by atoms with Crippen molar-refractivity contribution >= 4 is 23.4 Å². The van der Waals surface area contributed by atoms with Crippen LogP contribution in [0.1, 0.15) is 27.9 Å². The number of rotatable bonds is 5. The molecule has 152 valence electrons. The molecule has 1 aliphatic heterocycles. The van der Waals surface area contributed by atoms with Gasteiger partial charge >= 0.3 is 0 Å². The van der Waals surface area contributed by atoms with Gasteiger partial charge in [0.1, 0.15) is 11.8 Å². The lowest BCUT2D eigenvalue weighted by Gasteiger charge is -2.34. The van der Waals surface area contributed by atoms with Crippen LogP contribution in [0.5, 0.6) is 5.75 Å². The molecule has 0 unspecified atom stereocenters. The molecule has 1 aliphatic rings. The van der Waals surface area contributed by atoms with Gasteiger partial charge in [0, 0.05) is 24.3 Å². The second-order valence-corrected chi connectivity index (χ2v) is 7.09. The molecule has 29 heavy (non-hydrogen) atoms. The van der Waals surface area contributed by atoms with E-state index < -0.39 is 6.04 Å². The molecule has 1 saturated heterocycles. The van der Waals surface area contributed by atoms with E-state index in [4.69, 9.17) is 4.74 Å². The third kappa shape index (κ3) is 4.74. The molecule has 0 spiro atoms. The summed E-state index contributed by atoms with van der Waals surface area (Å²) in [7, 11) is 1.55. The average Bonchev–Trinajstić information content (AvgIpc) is 2.72. The molecule has 3 rings (SSSR count). The van der Waals surface area contributed by atoms with Crippen molar-refractivity contribution in [3.8, 4) is 5.75 Å². The van der Waals surface area contributed by atoms with E-state index >= 15 is 0 Å². The molecule has 1 atom stereocenters. The zero-order valence-electron chi connectivity index (χ0n) is 16.8. The Morgan fingerprint density at radius 2 is 1.86 bits per heavy atom. The SMILES string of the molecule is COc1ccc(C(=O)N2CCNC(=O)[C@@H]2CC(=O)Nc2ccc(C)c(C)c2)cc1. The third-order valence-corrected chi connectivity index (χ3v) is 5.10. The highest BCUT2D eigenvalue weighted by Crippen LogP contribution is 2.19. The zero-order chi connectivity index (χ0) is 21.0. The van der Waals surface area contributed by atoms with Crippen LogP contribution >= 0.6 is 0 Å². The highest BCUT2D eigenvalue weighted by molar-refractivity contribution is 6.01. The number of methoxy groups -OCH3 is 1. The van der Waals surface area contributed by atoms with Crippen LogP contribution in [0.3, 0.4) is 0 Å². The van der Waals surface area contributed by atoms with Gasteiger partial charge in [0.15, 0.2) is 0 Å². The second kappa shape index (κ2) is 8.77. The van der Waals surface area contributed by atoms with E-state index in [-0.39, 0.29) is 24.1 Å². The second-order valence-electron chi connectivity index (χ2n) is 7.09. The molecule has 1 heterocycles. The van der Waals surface area contributed by atoms with Crippen molar-refractivity contribution in [2.45, 2.75) is 26.3 Å². The average molecular weight is 395 g/mol. The first-order chi connectivity index (χ1) is 13.9.